The summed E-state index contributed by atoms with van der Waals surface area (Å²) in [4.78, 5) is 16.0. The van der Waals surface area contributed by atoms with Crippen molar-refractivity contribution in [2.75, 3.05) is 37.7 Å². The van der Waals surface area contributed by atoms with E-state index in [4.69, 9.17) is 5.11 Å². The fraction of sp³-hybridized carbons (Fsp3) is 0.500. The number of rotatable bonds is 4. The van der Waals surface area contributed by atoms with E-state index in [2.05, 4.69) is 17.0 Å². The van der Waals surface area contributed by atoms with Gasteiger partial charge in [-0.1, -0.05) is 18.2 Å². The van der Waals surface area contributed by atoms with Crippen molar-refractivity contribution < 1.29 is 9.90 Å². The lowest BCUT2D eigenvalue weighted by Crippen LogP contribution is -2.48. The first-order valence-electron chi connectivity index (χ1n) is 6.50. The molecule has 0 spiro atoms. The fourth-order valence-corrected chi connectivity index (χ4v) is 2.24. The second-order valence-corrected chi connectivity index (χ2v) is 4.53. The molecule has 0 unspecified atom stereocenters. The van der Waals surface area contributed by atoms with Crippen molar-refractivity contribution in [3.8, 4) is 0 Å². The lowest BCUT2D eigenvalue weighted by molar-refractivity contribution is -0.131. The van der Waals surface area contributed by atoms with E-state index in [1.165, 1.54) is 5.69 Å². The molecule has 0 aliphatic carbocycles. The molecule has 4 heteroatoms. The Morgan fingerprint density at radius 1 is 1.11 bits per heavy atom. The smallest absolute Gasteiger partial charge is 0.222 e. The van der Waals surface area contributed by atoms with Crippen LogP contribution in [0, 0.1) is 0 Å². The second-order valence-electron chi connectivity index (χ2n) is 4.53. The number of hydrogen-bond acceptors (Lipinski definition) is 3. The van der Waals surface area contributed by atoms with E-state index >= 15 is 0 Å². The van der Waals surface area contributed by atoms with Crippen molar-refractivity contribution in [2.45, 2.75) is 12.8 Å². The van der Waals surface area contributed by atoms with Crippen LogP contribution in [0.15, 0.2) is 30.3 Å². The summed E-state index contributed by atoms with van der Waals surface area (Å²) in [5.41, 5.74) is 1.22. The second kappa shape index (κ2) is 6.40. The fourth-order valence-electron chi connectivity index (χ4n) is 2.24. The summed E-state index contributed by atoms with van der Waals surface area (Å²) in [5.74, 6) is 0.164. The topological polar surface area (TPSA) is 43.8 Å². The number of benzene rings is 1. The van der Waals surface area contributed by atoms with Crippen LogP contribution >= 0.6 is 0 Å². The third-order valence-electron chi connectivity index (χ3n) is 3.30. The van der Waals surface area contributed by atoms with Crippen LogP contribution in [0.1, 0.15) is 12.8 Å². The van der Waals surface area contributed by atoms with Gasteiger partial charge in [-0.2, -0.15) is 0 Å². The van der Waals surface area contributed by atoms with Gasteiger partial charge in [0.25, 0.3) is 0 Å². The van der Waals surface area contributed by atoms with E-state index in [1.54, 1.807) is 0 Å². The van der Waals surface area contributed by atoms with Gasteiger partial charge in [-0.15, -0.1) is 0 Å². The number of carbonyl (C=O) groups is 1. The van der Waals surface area contributed by atoms with Gasteiger partial charge in [-0.3, -0.25) is 4.79 Å². The predicted molar refractivity (Wildman–Crippen MR) is 71.6 cm³/mol. The Bertz CT molecular complexity index is 373. The molecule has 1 aliphatic rings. The zero-order chi connectivity index (χ0) is 12.8. The SMILES string of the molecule is O=C(CCCO)N1CCN(c2ccccc2)CC1. The van der Waals surface area contributed by atoms with Crippen molar-refractivity contribution >= 4 is 11.6 Å². The van der Waals surface area contributed by atoms with Crippen LogP contribution in [-0.4, -0.2) is 48.7 Å². The largest absolute Gasteiger partial charge is 0.396 e. The van der Waals surface area contributed by atoms with Crippen LogP contribution in [0.4, 0.5) is 5.69 Å². The molecule has 1 saturated heterocycles. The molecule has 1 heterocycles. The van der Waals surface area contributed by atoms with Crippen molar-refractivity contribution in [1.82, 2.24) is 4.90 Å². The van der Waals surface area contributed by atoms with Crippen molar-refractivity contribution in [2.24, 2.45) is 0 Å². The van der Waals surface area contributed by atoms with Gasteiger partial charge < -0.3 is 14.9 Å². The Kier molecular flexibility index (Phi) is 4.59. The average molecular weight is 248 g/mol. The van der Waals surface area contributed by atoms with Crippen LogP contribution < -0.4 is 4.90 Å². The zero-order valence-electron chi connectivity index (χ0n) is 10.6. The van der Waals surface area contributed by atoms with E-state index in [9.17, 15) is 4.79 Å². The highest BCUT2D eigenvalue weighted by Crippen LogP contribution is 2.15. The summed E-state index contributed by atoms with van der Waals surface area (Å²) < 4.78 is 0. The maximum Gasteiger partial charge on any atom is 0.222 e. The minimum absolute atomic E-state index is 0.0930. The highest BCUT2D eigenvalue weighted by molar-refractivity contribution is 5.76. The first-order chi connectivity index (χ1) is 8.81. The number of amides is 1. The van der Waals surface area contributed by atoms with Gasteiger partial charge in [0, 0.05) is 44.9 Å². The monoisotopic (exact) mass is 248 g/mol. The predicted octanol–water partition coefficient (Wildman–Crippen LogP) is 1.11. The highest BCUT2D eigenvalue weighted by Gasteiger charge is 2.20. The summed E-state index contributed by atoms with van der Waals surface area (Å²) >= 11 is 0. The van der Waals surface area contributed by atoms with E-state index in [0.717, 1.165) is 26.2 Å². The Labute approximate surface area is 108 Å². The number of nitrogens with zero attached hydrogens (tertiary/aromatic N) is 2. The maximum atomic E-state index is 11.8. The third-order valence-corrected chi connectivity index (χ3v) is 3.30. The molecule has 1 aromatic rings. The molecule has 1 N–H and O–H groups in total. The number of aliphatic hydroxyl groups is 1. The van der Waals surface area contributed by atoms with Crippen molar-refractivity contribution in [3.63, 3.8) is 0 Å². The zero-order valence-corrected chi connectivity index (χ0v) is 10.6. The van der Waals surface area contributed by atoms with Crippen molar-refractivity contribution in [3.05, 3.63) is 30.3 Å². The Balaban J connectivity index is 1.83. The molecular weight excluding hydrogens is 228 g/mol. The van der Waals surface area contributed by atoms with E-state index in [-0.39, 0.29) is 12.5 Å². The summed E-state index contributed by atoms with van der Waals surface area (Å²) in [5, 5.41) is 8.73. The van der Waals surface area contributed by atoms with Crippen LogP contribution in [-0.2, 0) is 4.79 Å². The van der Waals surface area contributed by atoms with Crippen LogP contribution in [0.25, 0.3) is 0 Å². The van der Waals surface area contributed by atoms with Crippen LogP contribution in [0.2, 0.25) is 0 Å². The van der Waals surface area contributed by atoms with Gasteiger partial charge in [0.2, 0.25) is 5.91 Å². The molecular formula is C14H20N2O2. The Morgan fingerprint density at radius 2 is 1.78 bits per heavy atom. The number of hydrogen-bond donors (Lipinski definition) is 1. The molecule has 1 aromatic carbocycles. The molecule has 0 radical (unpaired) electrons. The number of aliphatic hydroxyl groups excluding tert-OH is 1. The number of piperazine rings is 1. The summed E-state index contributed by atoms with van der Waals surface area (Å²) in [6.07, 6.45) is 1.03. The number of carbonyl (C=O) groups excluding carboxylic acids is 1. The Morgan fingerprint density at radius 3 is 2.39 bits per heavy atom. The summed E-state index contributed by atoms with van der Waals surface area (Å²) in [7, 11) is 0. The molecule has 18 heavy (non-hydrogen) atoms. The summed E-state index contributed by atoms with van der Waals surface area (Å²) in [6, 6.07) is 10.3. The molecule has 1 fully saturated rings. The first kappa shape index (κ1) is 12.9. The van der Waals surface area contributed by atoms with Gasteiger partial charge in [0.05, 0.1) is 0 Å². The number of anilines is 1. The third kappa shape index (κ3) is 3.23. The first-order valence-corrected chi connectivity index (χ1v) is 6.50. The normalized spacial score (nSPS) is 15.8. The molecule has 0 bridgehead atoms. The lowest BCUT2D eigenvalue weighted by Gasteiger charge is -2.36. The maximum absolute atomic E-state index is 11.8. The molecule has 0 saturated carbocycles. The molecule has 1 amide bonds. The van der Waals surface area contributed by atoms with Gasteiger partial charge in [0.15, 0.2) is 0 Å². The van der Waals surface area contributed by atoms with Gasteiger partial charge >= 0.3 is 0 Å². The van der Waals surface area contributed by atoms with Gasteiger partial charge in [0.1, 0.15) is 0 Å². The van der Waals surface area contributed by atoms with Crippen LogP contribution in [0.5, 0.6) is 0 Å². The minimum atomic E-state index is 0.0930. The van der Waals surface area contributed by atoms with Crippen molar-refractivity contribution in [1.29, 1.82) is 0 Å². The number of para-hydroxylation sites is 1. The van der Waals surface area contributed by atoms with E-state index in [1.807, 2.05) is 23.1 Å². The van der Waals surface area contributed by atoms with E-state index in [0.29, 0.717) is 12.8 Å². The van der Waals surface area contributed by atoms with Crippen LogP contribution in [0.3, 0.4) is 0 Å². The van der Waals surface area contributed by atoms with E-state index < -0.39 is 0 Å². The quantitative estimate of drug-likeness (QED) is 0.868. The average Bonchev–Trinajstić information content (AvgIpc) is 2.46. The Hall–Kier alpha value is -1.55. The van der Waals surface area contributed by atoms with Gasteiger partial charge in [-0.05, 0) is 18.6 Å². The molecule has 4 nitrogen and oxygen atoms in total. The minimum Gasteiger partial charge on any atom is -0.396 e. The highest BCUT2D eigenvalue weighted by atomic mass is 16.3. The summed E-state index contributed by atoms with van der Waals surface area (Å²) in [6.45, 7) is 3.41. The van der Waals surface area contributed by atoms with Gasteiger partial charge in [-0.25, -0.2) is 0 Å². The molecule has 0 aromatic heterocycles. The molecule has 1 aliphatic heterocycles. The lowest BCUT2D eigenvalue weighted by atomic mass is 10.2. The molecule has 2 rings (SSSR count). The molecule has 0 atom stereocenters. The standard InChI is InChI=1S/C14H20N2O2/c17-12-4-7-14(18)16-10-8-15(9-11-16)13-5-2-1-3-6-13/h1-3,5-6,17H,4,7-12H2. The molecule has 98 valence electrons.